The van der Waals surface area contributed by atoms with Crippen LogP contribution in [0.25, 0.3) is 33.7 Å². The maximum absolute atomic E-state index is 11.3. The van der Waals surface area contributed by atoms with Crippen molar-refractivity contribution >= 4 is 45.6 Å². The molecule has 32 heavy (non-hydrogen) atoms. The Morgan fingerprint density at radius 1 is 0.625 bits per heavy atom. The van der Waals surface area contributed by atoms with E-state index >= 15 is 0 Å². The molecule has 0 heterocycles. The van der Waals surface area contributed by atoms with Crippen LogP contribution in [0.2, 0.25) is 0 Å². The molecule has 0 aliphatic carbocycles. The fourth-order valence-electron chi connectivity index (χ4n) is 4.16. The van der Waals surface area contributed by atoms with Crippen molar-refractivity contribution < 1.29 is 19.1 Å². The van der Waals surface area contributed by atoms with E-state index in [2.05, 4.69) is 60.7 Å². The summed E-state index contributed by atoms with van der Waals surface area (Å²) in [5.41, 5.74) is 0. The number of unbranched alkanes of at least 4 members (excludes halogenated alkanes) is 4. The smallest absolute Gasteiger partial charge is 0.305 e. The third kappa shape index (κ3) is 5.97. The average molecular weight is 433 g/mol. The number of fused-ring (bicyclic) bond motifs is 2. The van der Waals surface area contributed by atoms with Gasteiger partial charge in [0.15, 0.2) is 0 Å². The summed E-state index contributed by atoms with van der Waals surface area (Å²) in [5.74, 6) is -0.292. The Kier molecular flexibility index (Phi) is 8.85. The quantitative estimate of drug-likeness (QED) is 0.256. The van der Waals surface area contributed by atoms with Crippen LogP contribution >= 0.6 is 0 Å². The first-order chi connectivity index (χ1) is 15.7. The van der Waals surface area contributed by atoms with E-state index in [9.17, 15) is 9.59 Å². The minimum atomic E-state index is -0.146. The van der Waals surface area contributed by atoms with Crippen LogP contribution in [-0.2, 0) is 19.1 Å². The van der Waals surface area contributed by atoms with Crippen LogP contribution in [0.5, 0.6) is 0 Å². The predicted molar refractivity (Wildman–Crippen MR) is 131 cm³/mol. The minimum absolute atomic E-state index is 0.146. The van der Waals surface area contributed by atoms with E-state index in [1.807, 2.05) is 0 Å². The zero-order valence-corrected chi connectivity index (χ0v) is 19.1. The Bertz CT molecular complexity index is 1040. The van der Waals surface area contributed by atoms with Gasteiger partial charge in [-0.1, -0.05) is 60.7 Å². The largest absolute Gasteiger partial charge is 0.469 e. The van der Waals surface area contributed by atoms with Crippen LogP contribution in [-0.4, -0.2) is 26.2 Å². The van der Waals surface area contributed by atoms with Crippen LogP contribution in [0.15, 0.2) is 48.5 Å². The summed E-state index contributed by atoms with van der Waals surface area (Å²) in [5, 5.41) is 7.52. The molecule has 0 spiro atoms. The molecule has 0 radical (unpaired) electrons. The first kappa shape index (κ1) is 23.5. The molecule has 0 saturated carbocycles. The highest BCUT2D eigenvalue weighted by atomic mass is 16.5. The van der Waals surface area contributed by atoms with Crippen LogP contribution in [0, 0.1) is 0 Å². The lowest BCUT2D eigenvalue weighted by molar-refractivity contribution is -0.141. The fraction of sp³-hybridized carbons (Fsp3) is 0.357. The Hall–Kier alpha value is -3.14. The molecule has 0 N–H and O–H groups in total. The maximum Gasteiger partial charge on any atom is 0.305 e. The highest BCUT2D eigenvalue weighted by Gasteiger charge is 2.06. The summed E-state index contributed by atoms with van der Waals surface area (Å²) in [7, 11) is 2.87. The molecule has 0 aliphatic rings. The Labute approximate surface area is 189 Å². The van der Waals surface area contributed by atoms with Gasteiger partial charge in [0.25, 0.3) is 0 Å². The molecule has 0 unspecified atom stereocenters. The van der Waals surface area contributed by atoms with Crippen LogP contribution in [0.4, 0.5) is 0 Å². The number of ether oxygens (including phenoxy) is 2. The van der Waals surface area contributed by atoms with Crippen molar-refractivity contribution in [3.05, 3.63) is 59.0 Å². The molecular weight excluding hydrogens is 400 g/mol. The van der Waals surface area contributed by atoms with Crippen molar-refractivity contribution in [2.24, 2.45) is 0 Å². The predicted octanol–water partition coefficient (Wildman–Crippen LogP) is 5.02. The SMILES string of the molecule is COC(=O)CCCCC=c1c2ccccc2c(=CCCCCC(=O)OC)c2ccccc12. The summed E-state index contributed by atoms with van der Waals surface area (Å²) >= 11 is 0. The van der Waals surface area contributed by atoms with Gasteiger partial charge in [-0.3, -0.25) is 9.59 Å². The van der Waals surface area contributed by atoms with Crippen molar-refractivity contribution in [2.75, 3.05) is 14.2 Å². The number of methoxy groups -OCH3 is 2. The Morgan fingerprint density at radius 2 is 0.969 bits per heavy atom. The van der Waals surface area contributed by atoms with Crippen molar-refractivity contribution in [1.29, 1.82) is 0 Å². The first-order valence-electron chi connectivity index (χ1n) is 11.4. The topological polar surface area (TPSA) is 52.6 Å². The van der Waals surface area contributed by atoms with Gasteiger partial charge in [0.2, 0.25) is 0 Å². The van der Waals surface area contributed by atoms with Gasteiger partial charge in [0, 0.05) is 12.8 Å². The van der Waals surface area contributed by atoms with Gasteiger partial charge in [-0.2, -0.15) is 0 Å². The van der Waals surface area contributed by atoms with E-state index in [0.717, 1.165) is 38.5 Å². The number of carbonyl (C=O) groups excluding carboxylic acids is 2. The van der Waals surface area contributed by atoms with E-state index < -0.39 is 0 Å². The monoisotopic (exact) mass is 432 g/mol. The standard InChI is InChI=1S/C28H32O4/c1-31-27(29)19-7-3-5-13-21-23-15-9-11-17-25(23)22(26-18-12-10-16-24(21)26)14-6-4-8-20-28(30)32-2/h9-18H,3-8,19-20H2,1-2H3. The van der Waals surface area contributed by atoms with Gasteiger partial charge in [-0.15, -0.1) is 0 Å². The maximum atomic E-state index is 11.3. The van der Waals surface area contributed by atoms with Crippen molar-refractivity contribution in [3.8, 4) is 0 Å². The van der Waals surface area contributed by atoms with Crippen LogP contribution < -0.4 is 10.4 Å². The lowest BCUT2D eigenvalue weighted by atomic mass is 9.96. The van der Waals surface area contributed by atoms with E-state index in [-0.39, 0.29) is 11.9 Å². The van der Waals surface area contributed by atoms with Gasteiger partial charge >= 0.3 is 11.9 Å². The Morgan fingerprint density at radius 3 is 1.28 bits per heavy atom. The van der Waals surface area contributed by atoms with Crippen molar-refractivity contribution in [3.63, 3.8) is 0 Å². The van der Waals surface area contributed by atoms with Crippen LogP contribution in [0.1, 0.15) is 51.4 Å². The molecule has 3 aromatic rings. The van der Waals surface area contributed by atoms with Gasteiger partial charge in [0.1, 0.15) is 0 Å². The second kappa shape index (κ2) is 12.0. The molecular formula is C28H32O4. The summed E-state index contributed by atoms with van der Waals surface area (Å²) in [6, 6.07) is 17.1. The second-order valence-electron chi connectivity index (χ2n) is 7.97. The summed E-state index contributed by atoms with van der Waals surface area (Å²) in [4.78, 5) is 22.7. The summed E-state index contributed by atoms with van der Waals surface area (Å²) in [6.45, 7) is 0. The molecule has 0 aromatic heterocycles. The highest BCUT2D eigenvalue weighted by Crippen LogP contribution is 2.15. The van der Waals surface area contributed by atoms with Gasteiger partial charge in [-0.25, -0.2) is 0 Å². The molecule has 0 fully saturated rings. The van der Waals surface area contributed by atoms with E-state index in [1.54, 1.807) is 0 Å². The number of hydrogen-bond acceptors (Lipinski definition) is 4. The fourth-order valence-corrected chi connectivity index (χ4v) is 4.16. The van der Waals surface area contributed by atoms with Gasteiger partial charge in [0.05, 0.1) is 14.2 Å². The molecule has 4 heteroatoms. The molecule has 4 nitrogen and oxygen atoms in total. The normalized spacial score (nSPS) is 10.8. The lowest BCUT2D eigenvalue weighted by Gasteiger charge is -2.08. The summed E-state index contributed by atoms with van der Waals surface area (Å²) < 4.78 is 9.47. The molecule has 0 aliphatic heterocycles. The number of rotatable bonds is 10. The molecule has 3 rings (SSSR count). The van der Waals surface area contributed by atoms with E-state index in [4.69, 9.17) is 9.47 Å². The lowest BCUT2D eigenvalue weighted by Crippen LogP contribution is -2.15. The van der Waals surface area contributed by atoms with E-state index in [1.165, 1.54) is 46.2 Å². The van der Waals surface area contributed by atoms with Gasteiger partial charge in [-0.05, 0) is 70.5 Å². The molecule has 0 saturated heterocycles. The van der Waals surface area contributed by atoms with Crippen molar-refractivity contribution in [1.82, 2.24) is 0 Å². The number of esters is 2. The molecule has 0 bridgehead atoms. The number of carbonyl (C=O) groups is 2. The highest BCUT2D eigenvalue weighted by molar-refractivity contribution is 6.00. The number of benzene rings is 3. The zero-order chi connectivity index (χ0) is 22.8. The third-order valence-electron chi connectivity index (χ3n) is 5.84. The van der Waals surface area contributed by atoms with Crippen LogP contribution in [0.3, 0.4) is 0 Å². The zero-order valence-electron chi connectivity index (χ0n) is 19.1. The van der Waals surface area contributed by atoms with Gasteiger partial charge < -0.3 is 9.47 Å². The molecule has 168 valence electrons. The van der Waals surface area contributed by atoms with Crippen molar-refractivity contribution in [2.45, 2.75) is 51.4 Å². The molecule has 0 atom stereocenters. The van der Waals surface area contributed by atoms with E-state index in [0.29, 0.717) is 12.8 Å². The second-order valence-corrected chi connectivity index (χ2v) is 7.97. The molecule has 0 amide bonds. The first-order valence-corrected chi connectivity index (χ1v) is 11.4. The minimum Gasteiger partial charge on any atom is -0.469 e. The summed E-state index contributed by atoms with van der Waals surface area (Å²) in [6.07, 6.45) is 10.9. The third-order valence-corrected chi connectivity index (χ3v) is 5.84. The number of hydrogen-bond donors (Lipinski definition) is 0. The molecule has 3 aromatic carbocycles. The Balaban J connectivity index is 1.94. The average Bonchev–Trinajstić information content (AvgIpc) is 2.83.